The Labute approximate surface area is 152 Å². The molecule has 2 aromatic carbocycles. The van der Waals surface area contributed by atoms with Crippen LogP contribution in [0.1, 0.15) is 31.9 Å². The molecule has 0 radical (unpaired) electrons. The van der Waals surface area contributed by atoms with Crippen LogP contribution >= 0.6 is 11.6 Å². The van der Waals surface area contributed by atoms with Crippen molar-refractivity contribution in [3.05, 3.63) is 58.4 Å². The predicted molar refractivity (Wildman–Crippen MR) is 97.2 cm³/mol. The van der Waals surface area contributed by atoms with Gasteiger partial charge >= 0.3 is 6.09 Å². The summed E-state index contributed by atoms with van der Waals surface area (Å²) in [4.78, 5) is 14.1. The Balaban J connectivity index is 1.98. The normalized spacial score (nSPS) is 14.2. The summed E-state index contributed by atoms with van der Waals surface area (Å²) in [5, 5.41) is 0.364. The maximum atomic E-state index is 14.4. The average Bonchev–Trinajstić information content (AvgIpc) is 2.53. The van der Waals surface area contributed by atoms with Gasteiger partial charge in [0.15, 0.2) is 0 Å². The van der Waals surface area contributed by atoms with Crippen molar-refractivity contribution in [1.29, 1.82) is 0 Å². The quantitative estimate of drug-likeness (QED) is 0.676. The summed E-state index contributed by atoms with van der Waals surface area (Å²) in [5.41, 5.74) is 2.59. The zero-order valence-electron chi connectivity index (χ0n) is 14.6. The molecule has 0 fully saturated rings. The minimum atomic E-state index is -0.550. The molecule has 0 aromatic heterocycles. The lowest BCUT2D eigenvalue weighted by atomic mass is 9.91. The lowest BCUT2D eigenvalue weighted by Gasteiger charge is -2.32. The van der Waals surface area contributed by atoms with Gasteiger partial charge in [0.2, 0.25) is 0 Å². The molecule has 1 heterocycles. The minimum Gasteiger partial charge on any atom is -0.444 e. The Kier molecular flexibility index (Phi) is 4.74. The summed E-state index contributed by atoms with van der Waals surface area (Å²) in [6.45, 7) is 6.48. The SMILES string of the molecule is CC(C)(C)OC(=O)N1CCc2cccc(-c3c(F)cccc3Cl)c2C1. The zero-order valence-corrected chi connectivity index (χ0v) is 15.4. The van der Waals surface area contributed by atoms with E-state index in [1.54, 1.807) is 17.0 Å². The molecule has 1 aliphatic heterocycles. The predicted octanol–water partition coefficient (Wildman–Crippen LogP) is 5.44. The van der Waals surface area contributed by atoms with Gasteiger partial charge in [-0.25, -0.2) is 9.18 Å². The summed E-state index contributed by atoms with van der Waals surface area (Å²) in [6, 6.07) is 10.4. The number of rotatable bonds is 1. The third kappa shape index (κ3) is 3.79. The van der Waals surface area contributed by atoms with Crippen molar-refractivity contribution >= 4 is 17.7 Å². The van der Waals surface area contributed by atoms with Gasteiger partial charge in [0.05, 0.1) is 5.02 Å². The van der Waals surface area contributed by atoms with Gasteiger partial charge < -0.3 is 9.64 Å². The molecule has 1 aliphatic rings. The topological polar surface area (TPSA) is 29.5 Å². The van der Waals surface area contributed by atoms with Crippen LogP contribution in [0.3, 0.4) is 0 Å². The standard InChI is InChI=1S/C20H21ClFNO2/c1-20(2,3)25-19(24)23-11-10-13-6-4-7-14(15(13)12-23)18-16(21)8-5-9-17(18)22/h4-9H,10-12H2,1-3H3. The van der Waals surface area contributed by atoms with Crippen LogP contribution < -0.4 is 0 Å². The molecule has 0 bridgehead atoms. The Morgan fingerprint density at radius 1 is 1.20 bits per heavy atom. The number of carbonyl (C=O) groups is 1. The zero-order chi connectivity index (χ0) is 18.2. The van der Waals surface area contributed by atoms with Gasteiger partial charge in [-0.3, -0.25) is 0 Å². The fraction of sp³-hybridized carbons (Fsp3) is 0.350. The molecule has 0 spiro atoms. The summed E-state index contributed by atoms with van der Waals surface area (Å²) in [7, 11) is 0. The third-order valence-corrected chi connectivity index (χ3v) is 4.47. The number of carbonyl (C=O) groups excluding carboxylic acids is 1. The second kappa shape index (κ2) is 6.68. The highest BCUT2D eigenvalue weighted by molar-refractivity contribution is 6.33. The number of amides is 1. The molecule has 0 atom stereocenters. The van der Waals surface area contributed by atoms with E-state index in [1.807, 2.05) is 39.0 Å². The first-order valence-electron chi connectivity index (χ1n) is 8.29. The first-order chi connectivity index (χ1) is 11.8. The van der Waals surface area contributed by atoms with Crippen molar-refractivity contribution in [1.82, 2.24) is 4.90 Å². The molecule has 25 heavy (non-hydrogen) atoms. The van der Waals surface area contributed by atoms with Gasteiger partial charge in [-0.05, 0) is 56.0 Å². The molecular weight excluding hydrogens is 341 g/mol. The summed E-state index contributed by atoms with van der Waals surface area (Å²) < 4.78 is 19.9. The lowest BCUT2D eigenvalue weighted by Crippen LogP contribution is -2.40. The number of benzene rings is 2. The highest BCUT2D eigenvalue weighted by Gasteiger charge is 2.28. The monoisotopic (exact) mass is 361 g/mol. The van der Waals surface area contributed by atoms with E-state index in [4.69, 9.17) is 16.3 Å². The van der Waals surface area contributed by atoms with Crippen LogP contribution in [0.25, 0.3) is 11.1 Å². The summed E-state index contributed by atoms with van der Waals surface area (Å²) in [5.74, 6) is -0.365. The van der Waals surface area contributed by atoms with Gasteiger partial charge in [-0.1, -0.05) is 35.9 Å². The van der Waals surface area contributed by atoms with E-state index in [0.29, 0.717) is 30.1 Å². The largest absolute Gasteiger partial charge is 0.444 e. The Morgan fingerprint density at radius 3 is 2.60 bits per heavy atom. The molecule has 132 valence electrons. The molecule has 0 saturated heterocycles. The number of hydrogen-bond donors (Lipinski definition) is 0. The van der Waals surface area contributed by atoms with E-state index in [1.165, 1.54) is 6.07 Å². The van der Waals surface area contributed by atoms with E-state index >= 15 is 0 Å². The van der Waals surface area contributed by atoms with Gasteiger partial charge in [0.25, 0.3) is 0 Å². The Hall–Kier alpha value is -2.07. The van der Waals surface area contributed by atoms with Crippen LogP contribution in [0, 0.1) is 5.82 Å². The number of ether oxygens (including phenoxy) is 1. The van der Waals surface area contributed by atoms with E-state index in [-0.39, 0.29) is 11.9 Å². The number of nitrogens with zero attached hydrogens (tertiary/aromatic N) is 1. The van der Waals surface area contributed by atoms with E-state index < -0.39 is 5.60 Å². The van der Waals surface area contributed by atoms with Crippen molar-refractivity contribution in [2.24, 2.45) is 0 Å². The first kappa shape index (κ1) is 17.7. The molecule has 0 saturated carbocycles. The molecule has 5 heteroatoms. The third-order valence-electron chi connectivity index (χ3n) is 4.16. The van der Waals surface area contributed by atoms with Gasteiger partial charge in [-0.2, -0.15) is 0 Å². The van der Waals surface area contributed by atoms with Crippen molar-refractivity contribution in [3.63, 3.8) is 0 Å². The van der Waals surface area contributed by atoms with E-state index in [0.717, 1.165) is 16.7 Å². The van der Waals surface area contributed by atoms with Crippen LogP contribution in [0.2, 0.25) is 5.02 Å². The molecule has 2 aromatic rings. The smallest absolute Gasteiger partial charge is 0.410 e. The molecular formula is C20H21ClFNO2. The molecule has 0 aliphatic carbocycles. The molecule has 3 nitrogen and oxygen atoms in total. The fourth-order valence-electron chi connectivity index (χ4n) is 3.05. The molecule has 0 unspecified atom stereocenters. The number of halogens is 2. The van der Waals surface area contributed by atoms with Crippen LogP contribution in [-0.4, -0.2) is 23.1 Å². The fourth-order valence-corrected chi connectivity index (χ4v) is 3.32. The summed E-state index contributed by atoms with van der Waals surface area (Å²) in [6.07, 6.45) is 0.349. The van der Waals surface area contributed by atoms with Crippen molar-refractivity contribution < 1.29 is 13.9 Å². The van der Waals surface area contributed by atoms with E-state index in [2.05, 4.69) is 0 Å². The van der Waals surface area contributed by atoms with Crippen molar-refractivity contribution in [3.8, 4) is 11.1 Å². The van der Waals surface area contributed by atoms with Gasteiger partial charge in [0.1, 0.15) is 11.4 Å². The first-order valence-corrected chi connectivity index (χ1v) is 8.67. The highest BCUT2D eigenvalue weighted by atomic mass is 35.5. The maximum Gasteiger partial charge on any atom is 0.410 e. The lowest BCUT2D eigenvalue weighted by molar-refractivity contribution is 0.0224. The molecule has 1 amide bonds. The second-order valence-corrected chi connectivity index (χ2v) is 7.60. The highest BCUT2D eigenvalue weighted by Crippen LogP contribution is 2.36. The van der Waals surface area contributed by atoms with Gasteiger partial charge in [0, 0.05) is 18.7 Å². The number of hydrogen-bond acceptors (Lipinski definition) is 2. The Bertz CT molecular complexity index is 794. The van der Waals surface area contributed by atoms with Crippen LogP contribution in [-0.2, 0) is 17.7 Å². The molecule has 3 rings (SSSR count). The minimum absolute atomic E-state index is 0.354. The number of fused-ring (bicyclic) bond motifs is 1. The Morgan fingerprint density at radius 2 is 1.92 bits per heavy atom. The van der Waals surface area contributed by atoms with Crippen molar-refractivity contribution in [2.75, 3.05) is 6.54 Å². The molecule has 0 N–H and O–H groups in total. The van der Waals surface area contributed by atoms with Crippen LogP contribution in [0.15, 0.2) is 36.4 Å². The second-order valence-electron chi connectivity index (χ2n) is 7.19. The average molecular weight is 362 g/mol. The van der Waals surface area contributed by atoms with Crippen LogP contribution in [0.5, 0.6) is 0 Å². The van der Waals surface area contributed by atoms with Crippen molar-refractivity contribution in [2.45, 2.75) is 39.3 Å². The van der Waals surface area contributed by atoms with Crippen LogP contribution in [0.4, 0.5) is 9.18 Å². The van der Waals surface area contributed by atoms with E-state index in [9.17, 15) is 9.18 Å². The summed E-state index contributed by atoms with van der Waals surface area (Å²) >= 11 is 6.25. The maximum absolute atomic E-state index is 14.4. The van der Waals surface area contributed by atoms with Gasteiger partial charge in [-0.15, -0.1) is 0 Å².